The van der Waals surface area contributed by atoms with Crippen LogP contribution in [0.2, 0.25) is 0 Å². The molecule has 0 fully saturated rings. The molecule has 0 aliphatic rings. The van der Waals surface area contributed by atoms with Crippen LogP contribution in [-0.2, 0) is 9.59 Å². The lowest BCUT2D eigenvalue weighted by atomic mass is 10.0. The van der Waals surface area contributed by atoms with Gasteiger partial charge in [0, 0.05) is 12.8 Å². The predicted octanol–water partition coefficient (Wildman–Crippen LogP) is 11.0. The molecule has 4 heteroatoms. The Hall–Kier alpha value is -1.06. The maximum atomic E-state index is 10.3. The van der Waals surface area contributed by atoms with Crippen molar-refractivity contribution in [3.8, 4) is 0 Å². The van der Waals surface area contributed by atoms with E-state index in [0.717, 1.165) is 31.6 Å². The zero-order valence-corrected chi connectivity index (χ0v) is 24.7. The fraction of sp³-hybridized carbons (Fsp3) is 0.938. The fourth-order valence-electron chi connectivity index (χ4n) is 4.54. The quantitative estimate of drug-likeness (QED) is 0.107. The van der Waals surface area contributed by atoms with Crippen molar-refractivity contribution in [2.45, 2.75) is 188 Å². The minimum absolute atomic E-state index is 0.344. The monoisotopic (exact) mass is 512 g/mol. The van der Waals surface area contributed by atoms with Crippen molar-refractivity contribution >= 4 is 11.9 Å². The van der Waals surface area contributed by atoms with E-state index in [-0.39, 0.29) is 0 Å². The van der Waals surface area contributed by atoms with Gasteiger partial charge in [-0.15, -0.1) is 0 Å². The Morgan fingerprint density at radius 3 is 0.944 bits per heavy atom. The maximum Gasteiger partial charge on any atom is 0.303 e. The largest absolute Gasteiger partial charge is 0.481 e. The van der Waals surface area contributed by atoms with Crippen molar-refractivity contribution in [3.63, 3.8) is 0 Å². The molecule has 0 bridgehead atoms. The van der Waals surface area contributed by atoms with Crippen LogP contribution in [0.4, 0.5) is 0 Å². The first-order valence-corrected chi connectivity index (χ1v) is 15.8. The zero-order chi connectivity index (χ0) is 27.1. The average Bonchev–Trinajstić information content (AvgIpc) is 2.82. The molecule has 0 amide bonds. The highest BCUT2D eigenvalue weighted by Crippen LogP contribution is 2.14. The Labute approximate surface area is 225 Å². The van der Waals surface area contributed by atoms with Gasteiger partial charge in [-0.2, -0.15) is 0 Å². The van der Waals surface area contributed by atoms with Gasteiger partial charge in [0.2, 0.25) is 0 Å². The molecule has 0 aliphatic heterocycles. The molecule has 0 aromatic carbocycles. The topological polar surface area (TPSA) is 74.6 Å². The molecule has 0 unspecified atom stereocenters. The van der Waals surface area contributed by atoms with Gasteiger partial charge < -0.3 is 10.2 Å². The third-order valence-corrected chi connectivity index (χ3v) is 6.92. The summed E-state index contributed by atoms with van der Waals surface area (Å²) in [7, 11) is 0. The molecule has 0 heterocycles. The molecule has 0 aromatic heterocycles. The van der Waals surface area contributed by atoms with E-state index in [9.17, 15) is 9.59 Å². The van der Waals surface area contributed by atoms with Crippen LogP contribution in [0.25, 0.3) is 0 Å². The van der Waals surface area contributed by atoms with Gasteiger partial charge >= 0.3 is 11.9 Å². The van der Waals surface area contributed by atoms with E-state index < -0.39 is 11.9 Å². The Balaban J connectivity index is 0. The van der Waals surface area contributed by atoms with Crippen LogP contribution in [0.5, 0.6) is 0 Å². The van der Waals surface area contributed by atoms with Crippen LogP contribution in [-0.4, -0.2) is 22.2 Å². The second-order valence-corrected chi connectivity index (χ2v) is 11.2. The smallest absolute Gasteiger partial charge is 0.303 e. The van der Waals surface area contributed by atoms with E-state index in [0.29, 0.717) is 12.8 Å². The van der Waals surface area contributed by atoms with Crippen LogP contribution < -0.4 is 0 Å². The highest BCUT2D eigenvalue weighted by atomic mass is 16.4. The highest BCUT2D eigenvalue weighted by molar-refractivity contribution is 5.66. The standard InChI is InChI=1S/C18H36O2.C14H28O2/c1-17(2)15-13-11-9-7-5-3-4-6-8-10-12-14-16-18(19)20;1-2-3-4-5-6-7-8-9-10-11-12-13-14(15)16/h17H,3-16H2,1-2H3,(H,19,20);2-13H2,1H3,(H,15,16). The summed E-state index contributed by atoms with van der Waals surface area (Å²) in [5.41, 5.74) is 0. The third kappa shape index (κ3) is 40.1. The first kappa shape index (κ1) is 37.1. The molecule has 0 saturated carbocycles. The van der Waals surface area contributed by atoms with Crippen LogP contribution in [0.1, 0.15) is 188 Å². The molecule has 4 nitrogen and oxygen atoms in total. The predicted molar refractivity (Wildman–Crippen MR) is 156 cm³/mol. The number of unbranched alkanes of at least 4 members (excludes halogenated alkanes) is 21. The van der Waals surface area contributed by atoms with Crippen molar-refractivity contribution in [1.82, 2.24) is 0 Å². The lowest BCUT2D eigenvalue weighted by Crippen LogP contribution is -1.93. The Morgan fingerprint density at radius 1 is 0.444 bits per heavy atom. The zero-order valence-electron chi connectivity index (χ0n) is 24.7. The molecule has 0 saturated heterocycles. The Kier molecular flexibility index (Phi) is 32.9. The van der Waals surface area contributed by atoms with Crippen molar-refractivity contribution in [1.29, 1.82) is 0 Å². The van der Waals surface area contributed by atoms with E-state index in [4.69, 9.17) is 10.2 Å². The molecule has 0 atom stereocenters. The highest BCUT2D eigenvalue weighted by Gasteiger charge is 1.98. The van der Waals surface area contributed by atoms with Gasteiger partial charge in [0.1, 0.15) is 0 Å². The van der Waals surface area contributed by atoms with E-state index in [1.165, 1.54) is 128 Å². The van der Waals surface area contributed by atoms with Crippen LogP contribution in [0.3, 0.4) is 0 Å². The molecule has 2 N–H and O–H groups in total. The van der Waals surface area contributed by atoms with Gasteiger partial charge in [-0.3, -0.25) is 9.59 Å². The number of carboxylic acid groups (broad SMARTS) is 2. The summed E-state index contributed by atoms with van der Waals surface area (Å²) in [6.07, 6.45) is 31.7. The number of hydrogen-bond acceptors (Lipinski definition) is 2. The molecular formula is C32H64O4. The normalized spacial score (nSPS) is 10.9. The molecule has 0 radical (unpaired) electrons. The molecule has 0 aromatic rings. The van der Waals surface area contributed by atoms with E-state index >= 15 is 0 Å². The number of carbonyl (C=O) groups is 2. The van der Waals surface area contributed by atoms with E-state index in [2.05, 4.69) is 20.8 Å². The third-order valence-electron chi connectivity index (χ3n) is 6.92. The van der Waals surface area contributed by atoms with Gasteiger partial charge in [-0.25, -0.2) is 0 Å². The summed E-state index contributed by atoms with van der Waals surface area (Å²) < 4.78 is 0. The van der Waals surface area contributed by atoms with Gasteiger partial charge in [0.15, 0.2) is 0 Å². The van der Waals surface area contributed by atoms with Crippen LogP contribution in [0, 0.1) is 5.92 Å². The lowest BCUT2D eigenvalue weighted by molar-refractivity contribution is -0.138. The molecule has 216 valence electrons. The average molecular weight is 513 g/mol. The molecule has 0 aliphatic carbocycles. The molecule has 36 heavy (non-hydrogen) atoms. The SMILES string of the molecule is CC(C)CCCCCCCCCCCCCCC(=O)O.CCCCCCCCCCCCCC(=O)O. The van der Waals surface area contributed by atoms with Crippen LogP contribution >= 0.6 is 0 Å². The van der Waals surface area contributed by atoms with E-state index in [1.54, 1.807) is 0 Å². The summed E-state index contributed by atoms with van der Waals surface area (Å²) >= 11 is 0. The van der Waals surface area contributed by atoms with Crippen molar-refractivity contribution < 1.29 is 19.8 Å². The summed E-state index contributed by atoms with van der Waals surface area (Å²) in [5, 5.41) is 17.0. The summed E-state index contributed by atoms with van der Waals surface area (Å²) in [6, 6.07) is 0. The first-order valence-electron chi connectivity index (χ1n) is 15.8. The van der Waals surface area contributed by atoms with Crippen molar-refractivity contribution in [2.24, 2.45) is 5.92 Å². The summed E-state index contributed by atoms with van der Waals surface area (Å²) in [6.45, 7) is 6.86. The van der Waals surface area contributed by atoms with E-state index in [1.807, 2.05) is 0 Å². The number of aliphatic carboxylic acids is 2. The van der Waals surface area contributed by atoms with Gasteiger partial charge in [0.05, 0.1) is 0 Å². The molecular weight excluding hydrogens is 448 g/mol. The Morgan fingerprint density at radius 2 is 0.694 bits per heavy atom. The van der Waals surface area contributed by atoms with Gasteiger partial charge in [-0.05, 0) is 18.8 Å². The minimum Gasteiger partial charge on any atom is -0.481 e. The second kappa shape index (κ2) is 32.0. The molecule has 0 rings (SSSR count). The number of rotatable bonds is 27. The van der Waals surface area contributed by atoms with Gasteiger partial charge in [-0.1, -0.05) is 162 Å². The summed E-state index contributed by atoms with van der Waals surface area (Å²) in [5.74, 6) is -0.445. The lowest BCUT2D eigenvalue weighted by Gasteiger charge is -2.04. The first-order chi connectivity index (χ1) is 17.4. The number of hydrogen-bond donors (Lipinski definition) is 2. The number of carboxylic acids is 2. The fourth-order valence-corrected chi connectivity index (χ4v) is 4.54. The second-order valence-electron chi connectivity index (χ2n) is 11.2. The van der Waals surface area contributed by atoms with Crippen molar-refractivity contribution in [3.05, 3.63) is 0 Å². The Bertz CT molecular complexity index is 447. The summed E-state index contributed by atoms with van der Waals surface area (Å²) in [4.78, 5) is 20.6. The minimum atomic E-state index is -0.657. The van der Waals surface area contributed by atoms with Crippen LogP contribution in [0.15, 0.2) is 0 Å². The van der Waals surface area contributed by atoms with Crippen molar-refractivity contribution in [2.75, 3.05) is 0 Å². The maximum absolute atomic E-state index is 10.3. The van der Waals surface area contributed by atoms with Gasteiger partial charge in [0.25, 0.3) is 0 Å². The molecule has 0 spiro atoms.